The van der Waals surface area contributed by atoms with Gasteiger partial charge in [-0.2, -0.15) is 0 Å². The van der Waals surface area contributed by atoms with Gasteiger partial charge in [-0.1, -0.05) is 24.4 Å². The lowest BCUT2D eigenvalue weighted by molar-refractivity contribution is 0.0763. The van der Waals surface area contributed by atoms with Crippen LogP contribution in [0.4, 0.5) is 5.82 Å². The van der Waals surface area contributed by atoms with Gasteiger partial charge in [0, 0.05) is 12.5 Å². The van der Waals surface area contributed by atoms with E-state index >= 15 is 0 Å². The second-order valence-electron chi connectivity index (χ2n) is 4.54. The van der Waals surface area contributed by atoms with Gasteiger partial charge in [0.2, 0.25) is 0 Å². The first kappa shape index (κ1) is 13.2. The molecule has 0 spiro atoms. The Morgan fingerprint density at radius 3 is 2.94 bits per heavy atom. The van der Waals surface area contributed by atoms with Crippen LogP contribution in [0.15, 0.2) is 6.33 Å². The monoisotopic (exact) mass is 269 g/mol. The highest BCUT2D eigenvalue weighted by atomic mass is 35.5. The molecule has 98 valence electrons. The minimum Gasteiger partial charge on any atom is -0.393 e. The van der Waals surface area contributed by atoms with Crippen LogP contribution in [0.25, 0.3) is 0 Å². The van der Waals surface area contributed by atoms with Crippen molar-refractivity contribution in [3.8, 4) is 0 Å². The van der Waals surface area contributed by atoms with E-state index in [9.17, 15) is 9.90 Å². The summed E-state index contributed by atoms with van der Waals surface area (Å²) in [5.41, 5.74) is 0.268. The van der Waals surface area contributed by atoms with Crippen molar-refractivity contribution in [2.75, 3.05) is 11.9 Å². The van der Waals surface area contributed by atoms with E-state index in [1.165, 1.54) is 6.33 Å². The third-order valence-corrected chi connectivity index (χ3v) is 3.65. The van der Waals surface area contributed by atoms with Crippen molar-refractivity contribution in [3.05, 3.63) is 17.0 Å². The highest BCUT2D eigenvalue weighted by molar-refractivity contribution is 6.32. The third-order valence-electron chi connectivity index (χ3n) is 3.35. The summed E-state index contributed by atoms with van der Waals surface area (Å²) in [6, 6.07) is 0. The molecule has 2 rings (SSSR count). The Balaban J connectivity index is 2.01. The maximum atomic E-state index is 10.9. The van der Waals surface area contributed by atoms with Crippen molar-refractivity contribution in [2.45, 2.75) is 31.8 Å². The van der Waals surface area contributed by atoms with Crippen LogP contribution in [0.2, 0.25) is 5.15 Å². The summed E-state index contributed by atoms with van der Waals surface area (Å²) in [6.45, 7) is 0.593. The Labute approximate surface area is 111 Å². The summed E-state index contributed by atoms with van der Waals surface area (Å²) in [5, 5.41) is 13.1. The minimum absolute atomic E-state index is 0.145. The number of aldehydes is 1. The van der Waals surface area contributed by atoms with Crippen LogP contribution in [0.3, 0.4) is 0 Å². The zero-order valence-electron chi connectivity index (χ0n) is 9.97. The number of nitrogens with one attached hydrogen (secondary N) is 1. The first-order valence-electron chi connectivity index (χ1n) is 6.10. The van der Waals surface area contributed by atoms with Crippen LogP contribution in [0.5, 0.6) is 0 Å². The molecule has 0 saturated heterocycles. The summed E-state index contributed by atoms with van der Waals surface area (Å²) in [6.07, 6.45) is 5.73. The fourth-order valence-electron chi connectivity index (χ4n) is 2.27. The van der Waals surface area contributed by atoms with E-state index < -0.39 is 0 Å². The molecular formula is C12H16ClN3O2. The maximum Gasteiger partial charge on any atom is 0.156 e. The molecule has 18 heavy (non-hydrogen) atoms. The molecule has 0 aliphatic heterocycles. The number of carbonyl (C=O) groups is 1. The minimum atomic E-state index is -0.275. The third kappa shape index (κ3) is 2.97. The van der Waals surface area contributed by atoms with E-state index in [1.54, 1.807) is 0 Å². The summed E-state index contributed by atoms with van der Waals surface area (Å²) < 4.78 is 0. The van der Waals surface area contributed by atoms with Gasteiger partial charge < -0.3 is 10.4 Å². The predicted octanol–water partition coefficient (Wildman–Crippen LogP) is 1.91. The van der Waals surface area contributed by atoms with Gasteiger partial charge in [0.25, 0.3) is 0 Å². The number of halogens is 1. The summed E-state index contributed by atoms with van der Waals surface area (Å²) in [7, 11) is 0. The largest absolute Gasteiger partial charge is 0.393 e. The molecule has 6 heteroatoms. The number of hydrogen-bond donors (Lipinski definition) is 2. The van der Waals surface area contributed by atoms with Crippen molar-refractivity contribution in [3.63, 3.8) is 0 Å². The van der Waals surface area contributed by atoms with E-state index in [0.717, 1.165) is 25.7 Å². The van der Waals surface area contributed by atoms with Gasteiger partial charge >= 0.3 is 0 Å². The quantitative estimate of drug-likeness (QED) is 0.645. The average Bonchev–Trinajstić information content (AvgIpc) is 2.38. The van der Waals surface area contributed by atoms with Crippen LogP contribution in [0, 0.1) is 5.92 Å². The molecule has 1 saturated carbocycles. The van der Waals surface area contributed by atoms with Crippen molar-refractivity contribution in [2.24, 2.45) is 5.92 Å². The van der Waals surface area contributed by atoms with Crippen molar-refractivity contribution >= 4 is 23.7 Å². The lowest BCUT2D eigenvalue weighted by atomic mass is 9.86. The number of carbonyl (C=O) groups excluding carboxylic acids is 1. The van der Waals surface area contributed by atoms with Crippen LogP contribution in [0.1, 0.15) is 36.0 Å². The molecule has 1 aliphatic rings. The van der Waals surface area contributed by atoms with Crippen LogP contribution in [-0.2, 0) is 0 Å². The first-order chi connectivity index (χ1) is 8.72. The summed E-state index contributed by atoms with van der Waals surface area (Å²) >= 11 is 5.81. The van der Waals surface area contributed by atoms with Gasteiger partial charge in [0.05, 0.1) is 11.7 Å². The number of aliphatic hydroxyl groups is 1. The smallest absolute Gasteiger partial charge is 0.156 e. The fourth-order valence-corrected chi connectivity index (χ4v) is 2.45. The highest BCUT2D eigenvalue weighted by Crippen LogP contribution is 2.25. The number of hydrogen-bond acceptors (Lipinski definition) is 5. The van der Waals surface area contributed by atoms with E-state index in [0.29, 0.717) is 18.6 Å². The zero-order chi connectivity index (χ0) is 13.0. The number of rotatable bonds is 4. The Hall–Kier alpha value is -1.20. The molecule has 0 amide bonds. The van der Waals surface area contributed by atoms with Gasteiger partial charge in [0.1, 0.15) is 17.3 Å². The second-order valence-corrected chi connectivity index (χ2v) is 4.90. The molecule has 1 aromatic heterocycles. The molecule has 2 atom stereocenters. The van der Waals surface area contributed by atoms with Gasteiger partial charge in [0.15, 0.2) is 6.29 Å². The molecule has 1 aromatic rings. The number of nitrogens with zero attached hydrogens (tertiary/aromatic N) is 2. The highest BCUT2D eigenvalue weighted by Gasteiger charge is 2.23. The Bertz CT molecular complexity index is 428. The number of anilines is 1. The van der Waals surface area contributed by atoms with Crippen LogP contribution >= 0.6 is 11.6 Å². The van der Waals surface area contributed by atoms with E-state index in [2.05, 4.69) is 15.3 Å². The average molecular weight is 270 g/mol. The molecule has 0 aromatic carbocycles. The summed E-state index contributed by atoms with van der Waals surface area (Å²) in [4.78, 5) is 18.7. The summed E-state index contributed by atoms with van der Waals surface area (Å²) in [5.74, 6) is 0.634. The number of aliphatic hydroxyl groups excluding tert-OH is 1. The van der Waals surface area contributed by atoms with Gasteiger partial charge in [-0.3, -0.25) is 4.79 Å². The topological polar surface area (TPSA) is 75.1 Å². The molecule has 2 N–H and O–H groups in total. The lowest BCUT2D eigenvalue weighted by Gasteiger charge is -2.27. The molecule has 2 unspecified atom stereocenters. The van der Waals surface area contributed by atoms with Crippen LogP contribution in [-0.4, -0.2) is 34.0 Å². The molecule has 1 fully saturated rings. The molecule has 1 aliphatic carbocycles. The standard InChI is InChI=1S/C12H16ClN3O2/c13-11-9(6-17)12(16-7-15-11)14-5-8-3-1-2-4-10(8)18/h6-8,10,18H,1-5H2,(H,14,15,16). The SMILES string of the molecule is O=Cc1c(Cl)ncnc1NCC1CCCCC1O. The predicted molar refractivity (Wildman–Crippen MR) is 68.9 cm³/mol. The van der Waals surface area contributed by atoms with Crippen molar-refractivity contribution in [1.29, 1.82) is 0 Å². The van der Waals surface area contributed by atoms with Crippen LogP contribution < -0.4 is 5.32 Å². The fraction of sp³-hybridized carbons (Fsp3) is 0.583. The molecule has 0 radical (unpaired) electrons. The Morgan fingerprint density at radius 1 is 1.44 bits per heavy atom. The molecule has 0 bridgehead atoms. The van der Waals surface area contributed by atoms with E-state index in [1.807, 2.05) is 0 Å². The molecule has 1 heterocycles. The normalized spacial score (nSPS) is 23.7. The number of aromatic nitrogens is 2. The Kier molecular flexibility index (Phi) is 4.49. The van der Waals surface area contributed by atoms with Gasteiger partial charge in [-0.25, -0.2) is 9.97 Å². The maximum absolute atomic E-state index is 10.9. The lowest BCUT2D eigenvalue weighted by Crippen LogP contribution is -2.30. The van der Waals surface area contributed by atoms with Crippen molar-refractivity contribution in [1.82, 2.24) is 9.97 Å². The van der Waals surface area contributed by atoms with E-state index in [4.69, 9.17) is 11.6 Å². The van der Waals surface area contributed by atoms with Gasteiger partial charge in [-0.15, -0.1) is 0 Å². The zero-order valence-corrected chi connectivity index (χ0v) is 10.7. The van der Waals surface area contributed by atoms with Crippen molar-refractivity contribution < 1.29 is 9.90 Å². The molecule has 5 nitrogen and oxygen atoms in total. The van der Waals surface area contributed by atoms with Gasteiger partial charge in [-0.05, 0) is 12.8 Å². The molecular weight excluding hydrogens is 254 g/mol. The Morgan fingerprint density at radius 2 is 2.22 bits per heavy atom. The first-order valence-corrected chi connectivity index (χ1v) is 6.47. The second kappa shape index (κ2) is 6.11. The van der Waals surface area contributed by atoms with E-state index in [-0.39, 0.29) is 22.7 Å².